The molecule has 0 aliphatic rings. The zero-order valence-electron chi connectivity index (χ0n) is 16.4. The largest absolute Gasteiger partial charge is 0.469 e. The molecular formula is C25H27NO2. The molecule has 0 saturated heterocycles. The molecule has 0 radical (unpaired) electrons. The molecule has 0 heterocycles. The van der Waals surface area contributed by atoms with Gasteiger partial charge in [-0.05, 0) is 30.0 Å². The van der Waals surface area contributed by atoms with Crippen LogP contribution in [0.25, 0.3) is 0 Å². The van der Waals surface area contributed by atoms with Gasteiger partial charge in [-0.25, -0.2) is 0 Å². The molecule has 0 unspecified atom stereocenters. The van der Waals surface area contributed by atoms with E-state index < -0.39 is 0 Å². The average Bonchev–Trinajstić information content (AvgIpc) is 2.77. The molecule has 3 nitrogen and oxygen atoms in total. The van der Waals surface area contributed by atoms with Gasteiger partial charge < -0.3 is 10.1 Å². The molecule has 0 aromatic heterocycles. The molecule has 3 aromatic carbocycles. The Hall–Kier alpha value is -2.91. The van der Waals surface area contributed by atoms with Crippen LogP contribution in [-0.4, -0.2) is 13.1 Å². The Kier molecular flexibility index (Phi) is 6.99. The molecule has 3 heteroatoms. The fourth-order valence-electron chi connectivity index (χ4n) is 3.57. The monoisotopic (exact) mass is 373 g/mol. The fourth-order valence-corrected chi connectivity index (χ4v) is 3.57. The van der Waals surface area contributed by atoms with E-state index in [1.807, 2.05) is 54.6 Å². The lowest BCUT2D eigenvalue weighted by atomic mass is 9.86. The molecule has 0 saturated carbocycles. The highest BCUT2D eigenvalue weighted by Gasteiger charge is 2.31. The molecule has 0 aliphatic carbocycles. The minimum Gasteiger partial charge on any atom is -0.469 e. The van der Waals surface area contributed by atoms with Crippen LogP contribution in [0.2, 0.25) is 0 Å². The van der Waals surface area contributed by atoms with Gasteiger partial charge in [0.1, 0.15) is 0 Å². The highest BCUT2D eigenvalue weighted by atomic mass is 16.5. The van der Waals surface area contributed by atoms with Crippen LogP contribution in [0.15, 0.2) is 91.0 Å². The Morgan fingerprint density at radius 1 is 0.821 bits per heavy atom. The number of carbonyl (C=O) groups excluding carboxylic acids is 1. The van der Waals surface area contributed by atoms with E-state index in [-0.39, 0.29) is 24.0 Å². The number of benzene rings is 3. The van der Waals surface area contributed by atoms with Crippen molar-refractivity contribution in [2.75, 3.05) is 7.11 Å². The van der Waals surface area contributed by atoms with Crippen LogP contribution in [0.3, 0.4) is 0 Å². The second kappa shape index (κ2) is 9.86. The van der Waals surface area contributed by atoms with Gasteiger partial charge in [-0.15, -0.1) is 0 Å². The van der Waals surface area contributed by atoms with Gasteiger partial charge in [-0.3, -0.25) is 4.79 Å². The van der Waals surface area contributed by atoms with Crippen molar-refractivity contribution in [1.82, 2.24) is 5.32 Å². The van der Waals surface area contributed by atoms with Gasteiger partial charge in [0, 0.05) is 12.1 Å². The number of rotatable bonds is 8. The average molecular weight is 373 g/mol. The van der Waals surface area contributed by atoms with Gasteiger partial charge in [0.2, 0.25) is 0 Å². The molecule has 0 amide bonds. The van der Waals surface area contributed by atoms with Gasteiger partial charge in [0.25, 0.3) is 0 Å². The van der Waals surface area contributed by atoms with Crippen LogP contribution in [-0.2, 0) is 16.0 Å². The fraction of sp³-hybridized carbons (Fsp3) is 0.240. The number of methoxy groups -OCH3 is 1. The van der Waals surface area contributed by atoms with E-state index >= 15 is 0 Å². The molecular weight excluding hydrogens is 346 g/mol. The van der Waals surface area contributed by atoms with Gasteiger partial charge in [0.15, 0.2) is 0 Å². The molecule has 1 N–H and O–H groups in total. The van der Waals surface area contributed by atoms with Crippen LogP contribution in [0.1, 0.15) is 35.7 Å². The summed E-state index contributed by atoms with van der Waals surface area (Å²) in [6.45, 7) is 2.13. The van der Waals surface area contributed by atoms with E-state index in [9.17, 15) is 4.79 Å². The van der Waals surface area contributed by atoms with Crippen molar-refractivity contribution in [1.29, 1.82) is 0 Å². The van der Waals surface area contributed by atoms with Crippen LogP contribution < -0.4 is 5.32 Å². The Balaban J connectivity index is 1.93. The van der Waals surface area contributed by atoms with Crippen molar-refractivity contribution in [2.45, 2.75) is 25.4 Å². The lowest BCUT2D eigenvalue weighted by Gasteiger charge is -2.30. The zero-order chi connectivity index (χ0) is 19.8. The molecule has 3 rings (SSSR count). The quantitative estimate of drug-likeness (QED) is 0.558. The third-order valence-corrected chi connectivity index (χ3v) is 5.09. The third kappa shape index (κ3) is 5.08. The topological polar surface area (TPSA) is 38.3 Å². The van der Waals surface area contributed by atoms with E-state index in [2.05, 4.69) is 48.6 Å². The Morgan fingerprint density at radius 2 is 1.32 bits per heavy atom. The molecule has 0 aliphatic heterocycles. The number of esters is 1. The van der Waals surface area contributed by atoms with Crippen LogP contribution in [0.4, 0.5) is 0 Å². The number of ether oxygens (including phenoxy) is 1. The highest BCUT2D eigenvalue weighted by molar-refractivity contribution is 5.74. The number of hydrogen-bond donors (Lipinski definition) is 1. The zero-order valence-corrected chi connectivity index (χ0v) is 16.4. The molecule has 28 heavy (non-hydrogen) atoms. The predicted octanol–water partition coefficient (Wildman–Crippen LogP) is 5.11. The van der Waals surface area contributed by atoms with E-state index in [0.29, 0.717) is 6.42 Å². The Labute approximate surface area is 167 Å². The minimum atomic E-state index is -0.332. The highest BCUT2D eigenvalue weighted by Crippen LogP contribution is 2.29. The van der Waals surface area contributed by atoms with E-state index in [4.69, 9.17) is 4.74 Å². The van der Waals surface area contributed by atoms with Crippen molar-refractivity contribution < 1.29 is 9.53 Å². The summed E-state index contributed by atoms with van der Waals surface area (Å²) in [4.78, 5) is 12.8. The minimum absolute atomic E-state index is 0.0920. The summed E-state index contributed by atoms with van der Waals surface area (Å²) in [5.41, 5.74) is 3.39. The van der Waals surface area contributed by atoms with Crippen molar-refractivity contribution in [2.24, 2.45) is 5.92 Å². The van der Waals surface area contributed by atoms with Gasteiger partial charge in [-0.1, -0.05) is 91.0 Å². The van der Waals surface area contributed by atoms with Crippen LogP contribution >= 0.6 is 0 Å². The second-order valence-electron chi connectivity index (χ2n) is 7.01. The first-order chi connectivity index (χ1) is 13.7. The second-order valence-corrected chi connectivity index (χ2v) is 7.01. The van der Waals surface area contributed by atoms with Crippen molar-refractivity contribution in [3.63, 3.8) is 0 Å². The Morgan fingerprint density at radius 3 is 1.86 bits per heavy atom. The maximum Gasteiger partial charge on any atom is 0.310 e. The lowest BCUT2D eigenvalue weighted by Crippen LogP contribution is -2.36. The number of nitrogens with one attached hydrogen (secondary N) is 1. The maximum absolute atomic E-state index is 12.8. The SMILES string of the molecule is COC(=O)[C@H](Cc1ccccc1)[C@H](N[C@H](C)c1ccccc1)c1ccccc1. The standard InChI is InChI=1S/C25H27NO2/c1-19(21-14-8-4-9-15-21)26-24(22-16-10-5-11-17-22)23(25(27)28-2)18-20-12-6-3-7-13-20/h3-17,19,23-24,26H,18H2,1-2H3/t19-,23-,24-/m1/s1. The molecule has 3 aromatic rings. The summed E-state index contributed by atoms with van der Waals surface area (Å²) < 4.78 is 5.20. The summed E-state index contributed by atoms with van der Waals surface area (Å²) in [7, 11) is 1.46. The number of carbonyl (C=O) groups is 1. The third-order valence-electron chi connectivity index (χ3n) is 5.09. The normalized spacial score (nSPS) is 14.1. The van der Waals surface area contributed by atoms with E-state index in [1.165, 1.54) is 12.7 Å². The molecule has 0 fully saturated rings. The smallest absolute Gasteiger partial charge is 0.310 e. The van der Waals surface area contributed by atoms with E-state index in [0.717, 1.165) is 11.1 Å². The maximum atomic E-state index is 12.8. The summed E-state index contributed by atoms with van der Waals surface area (Å²) in [6, 6.07) is 30.4. The van der Waals surface area contributed by atoms with Gasteiger partial charge in [0.05, 0.1) is 13.0 Å². The lowest BCUT2D eigenvalue weighted by molar-refractivity contribution is -0.146. The summed E-state index contributed by atoms with van der Waals surface area (Å²) in [6.07, 6.45) is 0.613. The molecule has 0 bridgehead atoms. The summed E-state index contributed by atoms with van der Waals surface area (Å²) in [5, 5.41) is 3.68. The number of hydrogen-bond acceptors (Lipinski definition) is 3. The molecule has 0 spiro atoms. The Bertz CT molecular complexity index is 849. The van der Waals surface area contributed by atoms with Crippen molar-refractivity contribution >= 4 is 5.97 Å². The van der Waals surface area contributed by atoms with Crippen molar-refractivity contribution in [3.8, 4) is 0 Å². The molecule has 3 atom stereocenters. The first-order valence-electron chi connectivity index (χ1n) is 9.66. The van der Waals surface area contributed by atoms with Crippen molar-refractivity contribution in [3.05, 3.63) is 108 Å². The predicted molar refractivity (Wildman–Crippen MR) is 113 cm³/mol. The molecule has 144 valence electrons. The van der Waals surface area contributed by atoms with Gasteiger partial charge >= 0.3 is 5.97 Å². The summed E-state index contributed by atoms with van der Waals surface area (Å²) in [5.74, 6) is -0.536. The van der Waals surface area contributed by atoms with Crippen LogP contribution in [0, 0.1) is 5.92 Å². The van der Waals surface area contributed by atoms with Gasteiger partial charge in [-0.2, -0.15) is 0 Å². The first kappa shape index (κ1) is 19.8. The van der Waals surface area contributed by atoms with Crippen LogP contribution in [0.5, 0.6) is 0 Å². The first-order valence-corrected chi connectivity index (χ1v) is 9.66. The summed E-state index contributed by atoms with van der Waals surface area (Å²) >= 11 is 0. The van der Waals surface area contributed by atoms with E-state index in [1.54, 1.807) is 0 Å².